The van der Waals surface area contributed by atoms with Crippen LogP contribution in [0.15, 0.2) is 0 Å². The molecule has 0 bridgehead atoms. The second kappa shape index (κ2) is 11.5. The van der Waals surface area contributed by atoms with E-state index < -0.39 is 96.1 Å². The summed E-state index contributed by atoms with van der Waals surface area (Å²) in [6.45, 7) is 109. The standard InChI is InChI=1S/C42H105Si15/c1-36(2,3)44(22,23)51-43-52(51,45(24,25)37(4,5)6)55(48(30,31)40(13,14)15)54(51,47(28,29)39(10,11)12)56(49(32,33)41(16,17)18)53(43,46(26,27)38(7,8)9)57(55,56)50(34,35)42(19,20)21/h1-35H3/q-1. The van der Waals surface area contributed by atoms with Gasteiger partial charge in [-0.05, 0) is 59.8 Å². The molecule has 6 atom stereocenters. The average Bonchev–Trinajstić information content (AvgIpc) is 3.63. The molecule has 0 aromatic heterocycles. The molecule has 0 aliphatic carbocycles. The van der Waals surface area contributed by atoms with Gasteiger partial charge in [-0.3, -0.25) is 7.35 Å². The molecule has 6 aliphatic rings. The first-order valence-corrected chi connectivity index (χ1v) is 79.5. The fourth-order valence-corrected chi connectivity index (χ4v) is 2190. The minimum Gasteiger partial charge on any atom is -0.279 e. The lowest BCUT2D eigenvalue weighted by molar-refractivity contribution is 0.729. The highest BCUT2D eigenvalue weighted by Crippen LogP contribution is 3.06. The van der Waals surface area contributed by atoms with Gasteiger partial charge in [0.05, 0.1) is 0 Å². The molecule has 0 N–H and O–H groups in total. The molecular formula is C42H105Si15-. The molecule has 334 valence electrons. The van der Waals surface area contributed by atoms with Crippen molar-refractivity contribution in [2.75, 3.05) is 0 Å². The van der Waals surface area contributed by atoms with Gasteiger partial charge in [-0.1, -0.05) is 237 Å². The Morgan fingerprint density at radius 1 is 0.211 bits per heavy atom. The molecule has 6 unspecified atom stereocenters. The van der Waals surface area contributed by atoms with Gasteiger partial charge in [0.2, 0.25) is 0 Å². The highest BCUT2D eigenvalue weighted by molar-refractivity contribution is 9.08. The summed E-state index contributed by atoms with van der Waals surface area (Å²) in [4.78, 5) is 0. The molecule has 6 rings (SSSR count). The van der Waals surface area contributed by atoms with Crippen LogP contribution >= 0.6 is 0 Å². The molecule has 57 heavy (non-hydrogen) atoms. The summed E-state index contributed by atoms with van der Waals surface area (Å²) >= 11 is 0. The molecule has 6 saturated heterocycles. The van der Waals surface area contributed by atoms with Crippen molar-refractivity contribution >= 4 is 103 Å². The zero-order valence-corrected chi connectivity index (χ0v) is 61.0. The molecule has 0 aromatic rings. The fraction of sp³-hybridized carbons (Fsp3) is 1.00. The number of rotatable bonds is 7. The number of hydrogen-bond acceptors (Lipinski definition) is 0. The van der Waals surface area contributed by atoms with E-state index in [1.54, 1.807) is 0 Å². The van der Waals surface area contributed by atoms with E-state index in [4.69, 9.17) is 0 Å². The summed E-state index contributed by atoms with van der Waals surface area (Å²) < 4.78 is 0. The molecule has 0 amide bonds. The molecule has 0 saturated carbocycles. The Bertz CT molecular complexity index is 1650. The zero-order valence-electron chi connectivity index (χ0n) is 46.0. The van der Waals surface area contributed by atoms with Crippen LogP contribution in [0.5, 0.6) is 0 Å². The summed E-state index contributed by atoms with van der Waals surface area (Å²) in [6.07, 6.45) is -11.4. The first-order chi connectivity index (χ1) is 24.1. The van der Waals surface area contributed by atoms with Gasteiger partial charge in [0, 0.05) is 53.1 Å². The number of hydrogen-bond donors (Lipinski definition) is 0. The molecule has 6 aliphatic heterocycles. The molecule has 0 nitrogen and oxygen atoms in total. The van der Waals surface area contributed by atoms with Gasteiger partial charge in [-0.2, -0.15) is 0 Å². The molecule has 0 aromatic carbocycles. The van der Waals surface area contributed by atoms with Crippen molar-refractivity contribution in [3.63, 3.8) is 0 Å². The quantitative estimate of drug-likeness (QED) is 0.223. The van der Waals surface area contributed by atoms with E-state index in [0.717, 1.165) is 0 Å². The zero-order chi connectivity index (χ0) is 46.1. The van der Waals surface area contributed by atoms with E-state index in [9.17, 15) is 0 Å². The van der Waals surface area contributed by atoms with Crippen molar-refractivity contribution in [1.82, 2.24) is 0 Å². The summed E-state index contributed by atoms with van der Waals surface area (Å²) in [5.74, 6) is 0. The van der Waals surface area contributed by atoms with Crippen molar-refractivity contribution in [1.29, 1.82) is 0 Å². The summed E-state index contributed by atoms with van der Waals surface area (Å²) in [6, 6.07) is 0. The van der Waals surface area contributed by atoms with Crippen LogP contribution in [0, 0.1) is 0 Å². The SMILES string of the molecule is CC(C)(C)[Si](C)(C)[Si]12[Si-]3[Si]1([Si](C)(C)C(C)(C)C)[Si]1([Si](C)(C)C(C)(C)C)[Si]2([Si](C)(C)C(C)(C)C)[Si]2([Si](C)(C)C(C)(C)C)[Si]3([Si](C)(C)C(C)(C)C)[Si]12[Si](C)(C)C(C)(C)C. The van der Waals surface area contributed by atoms with Crippen LogP contribution in [0.1, 0.15) is 145 Å². The molecule has 6 fully saturated rings. The second-order valence-corrected chi connectivity index (χ2v) is 238. The molecule has 15 heteroatoms. The van der Waals surface area contributed by atoms with E-state index >= 15 is 0 Å². The predicted molar refractivity (Wildman–Crippen MR) is 306 cm³/mol. The highest BCUT2D eigenvalue weighted by Gasteiger charge is 3.32. The summed E-state index contributed by atoms with van der Waals surface area (Å²) in [5, 5.41) is 3.95. The second-order valence-electron chi connectivity index (χ2n) is 32.8. The minimum atomic E-state index is -1.76. The molecule has 6 heterocycles. The van der Waals surface area contributed by atoms with Crippen LogP contribution in [-0.4, -0.2) is 103 Å². The molecular weight excluding hydrogens is 926 g/mol. The van der Waals surface area contributed by atoms with Crippen LogP contribution in [-0.2, 0) is 0 Å². The van der Waals surface area contributed by atoms with Crippen LogP contribution in [0.3, 0.4) is 0 Å². The Labute approximate surface area is 372 Å². The minimum absolute atomic E-state index is 0.266. The summed E-state index contributed by atoms with van der Waals surface area (Å²) in [7, 11) is -12.2. The first kappa shape index (κ1) is 51.2. The van der Waals surface area contributed by atoms with Gasteiger partial charge in [-0.25, -0.2) is 0 Å². The van der Waals surface area contributed by atoms with Gasteiger partial charge >= 0.3 is 0 Å². The highest BCUT2D eigenvalue weighted by atomic mass is 31.4. The maximum Gasteiger partial charge on any atom is 0.0348 e. The van der Waals surface area contributed by atoms with Crippen LogP contribution in [0.4, 0.5) is 0 Å². The largest absolute Gasteiger partial charge is 0.279 e. The lowest BCUT2D eigenvalue weighted by Gasteiger charge is -3.01. The third kappa shape index (κ3) is 3.86. The fourth-order valence-electron chi connectivity index (χ4n) is 18.8. The lowest BCUT2D eigenvalue weighted by Crippen LogP contribution is -3.30. The van der Waals surface area contributed by atoms with Crippen molar-refractivity contribution in [3.8, 4) is 0 Å². The van der Waals surface area contributed by atoms with Gasteiger partial charge < -0.3 is 0 Å². The van der Waals surface area contributed by atoms with Crippen molar-refractivity contribution in [2.24, 2.45) is 0 Å². The van der Waals surface area contributed by atoms with Crippen LogP contribution in [0.2, 0.25) is 127 Å². The van der Waals surface area contributed by atoms with Gasteiger partial charge in [0.25, 0.3) is 0 Å². The van der Waals surface area contributed by atoms with E-state index in [1.807, 2.05) is 0 Å². The Morgan fingerprint density at radius 3 is 0.474 bits per heavy atom. The van der Waals surface area contributed by atoms with E-state index in [2.05, 4.69) is 237 Å². The first-order valence-electron chi connectivity index (χ1n) is 24.0. The third-order valence-electron chi connectivity index (χ3n) is 25.8. The monoisotopic (exact) mass is 1030 g/mol. The normalized spacial score (nSPS) is 38.2. The van der Waals surface area contributed by atoms with E-state index in [1.165, 1.54) is 0 Å². The Morgan fingerprint density at radius 2 is 0.333 bits per heavy atom. The maximum atomic E-state index is 3.37. The third-order valence-corrected chi connectivity index (χ3v) is 710. The maximum absolute atomic E-state index is 3.37. The molecule has 0 spiro atoms. The Balaban J connectivity index is 2.46. The summed E-state index contributed by atoms with van der Waals surface area (Å²) in [5.41, 5.74) is 0. The topological polar surface area (TPSA) is 0 Å². The van der Waals surface area contributed by atoms with Crippen LogP contribution < -0.4 is 0 Å². The Kier molecular flexibility index (Phi) is 10.3. The predicted octanol–water partition coefficient (Wildman–Crippen LogP) is 14.7. The van der Waals surface area contributed by atoms with Crippen LogP contribution in [0.25, 0.3) is 0 Å². The lowest BCUT2D eigenvalue weighted by atomic mass is 10.2. The smallest absolute Gasteiger partial charge is 0.0348 e. The van der Waals surface area contributed by atoms with E-state index in [0.29, 0.717) is 35.3 Å². The van der Waals surface area contributed by atoms with Gasteiger partial charge in [0.1, 0.15) is 0 Å². The van der Waals surface area contributed by atoms with Gasteiger partial charge in [-0.15, -0.1) is 18.4 Å². The van der Waals surface area contributed by atoms with E-state index in [-0.39, 0.29) is 7.35 Å². The Hall–Kier alpha value is 3.25. The average molecular weight is 1030 g/mol. The van der Waals surface area contributed by atoms with Crippen molar-refractivity contribution < 1.29 is 0 Å². The van der Waals surface area contributed by atoms with Crippen molar-refractivity contribution in [3.05, 3.63) is 0 Å². The van der Waals surface area contributed by atoms with Gasteiger partial charge in [0.15, 0.2) is 0 Å². The van der Waals surface area contributed by atoms with Crippen molar-refractivity contribution in [2.45, 2.75) is 272 Å². The molecule has 0 radical (unpaired) electrons.